The number of carbonyl (C=O) groups excluding carboxylic acids is 2. The summed E-state index contributed by atoms with van der Waals surface area (Å²) in [6.45, 7) is 3.22. The third-order valence-electron chi connectivity index (χ3n) is 3.29. The summed E-state index contributed by atoms with van der Waals surface area (Å²) in [6.07, 6.45) is 4.01. The summed E-state index contributed by atoms with van der Waals surface area (Å²) < 4.78 is 31.1. The predicted molar refractivity (Wildman–Crippen MR) is 89.2 cm³/mol. The molecule has 2 aromatic rings. The van der Waals surface area contributed by atoms with Crippen LogP contribution in [0.5, 0.6) is 0 Å². The second-order valence-corrected chi connectivity index (χ2v) is 7.02. The number of methoxy groups -OCH3 is 1. The first kappa shape index (κ1) is 17.7. The number of allylic oxidation sites excluding steroid dienone is 1. The highest BCUT2D eigenvalue weighted by molar-refractivity contribution is 7.90. The first-order valence-corrected chi connectivity index (χ1v) is 8.51. The van der Waals surface area contributed by atoms with Crippen LogP contribution in [0.1, 0.15) is 28.5 Å². The van der Waals surface area contributed by atoms with E-state index in [4.69, 9.17) is 0 Å². The fourth-order valence-corrected chi connectivity index (χ4v) is 3.40. The van der Waals surface area contributed by atoms with Crippen molar-refractivity contribution in [3.05, 3.63) is 59.4 Å². The number of rotatable bonds is 5. The highest BCUT2D eigenvalue weighted by Gasteiger charge is 2.24. The fraction of sp³-hybridized carbons (Fsp3) is 0.176. The minimum Gasteiger partial charge on any atom is -0.464 e. The molecule has 0 aliphatic heterocycles. The molecule has 1 heterocycles. The van der Waals surface area contributed by atoms with Crippen molar-refractivity contribution < 1.29 is 22.7 Å². The lowest BCUT2D eigenvalue weighted by molar-refractivity contribution is -0.112. The summed E-state index contributed by atoms with van der Waals surface area (Å²) in [6, 6.07) is 7.64. The maximum Gasteiger partial charge on any atom is 0.355 e. The number of esters is 1. The molecule has 0 amide bonds. The lowest BCUT2D eigenvalue weighted by atomic mass is 10.2. The van der Waals surface area contributed by atoms with Gasteiger partial charge in [-0.15, -0.1) is 0 Å². The molecule has 0 aliphatic carbocycles. The number of carbonyl (C=O) groups is 2. The van der Waals surface area contributed by atoms with E-state index in [-0.39, 0.29) is 16.4 Å². The van der Waals surface area contributed by atoms with E-state index < -0.39 is 16.0 Å². The van der Waals surface area contributed by atoms with Crippen molar-refractivity contribution in [1.29, 1.82) is 0 Å². The molecule has 1 aromatic heterocycles. The molecule has 1 aromatic carbocycles. The van der Waals surface area contributed by atoms with E-state index in [0.717, 1.165) is 9.54 Å². The standard InChI is InChI=1S/C17H17NO5S/c1-12-4-8-15(9-5-12)24(21,22)18-11-14(7-6-13(2)19)10-16(18)17(20)23-3/h4-11H,1-3H3. The zero-order chi connectivity index (χ0) is 17.9. The topological polar surface area (TPSA) is 82.4 Å². The maximum atomic E-state index is 12.8. The number of aromatic nitrogens is 1. The van der Waals surface area contributed by atoms with Crippen LogP contribution in [0.15, 0.2) is 47.5 Å². The molecule has 0 unspecified atom stereocenters. The highest BCUT2D eigenvalue weighted by Crippen LogP contribution is 2.20. The molecule has 126 valence electrons. The van der Waals surface area contributed by atoms with Gasteiger partial charge in [0, 0.05) is 6.20 Å². The van der Waals surface area contributed by atoms with Crippen molar-refractivity contribution in [2.45, 2.75) is 18.7 Å². The Hall–Kier alpha value is -2.67. The summed E-state index contributed by atoms with van der Waals surface area (Å²) in [4.78, 5) is 23.0. The Labute approximate surface area is 140 Å². The van der Waals surface area contributed by atoms with Crippen LogP contribution < -0.4 is 0 Å². The van der Waals surface area contributed by atoms with E-state index in [9.17, 15) is 18.0 Å². The third kappa shape index (κ3) is 3.62. The van der Waals surface area contributed by atoms with E-state index in [1.54, 1.807) is 12.1 Å². The molecule has 0 saturated heterocycles. The number of ketones is 1. The Morgan fingerprint density at radius 2 is 1.79 bits per heavy atom. The van der Waals surface area contributed by atoms with Gasteiger partial charge in [0.25, 0.3) is 10.0 Å². The van der Waals surface area contributed by atoms with Crippen molar-refractivity contribution in [2.24, 2.45) is 0 Å². The van der Waals surface area contributed by atoms with Crippen molar-refractivity contribution >= 4 is 27.9 Å². The van der Waals surface area contributed by atoms with Gasteiger partial charge in [0.15, 0.2) is 5.78 Å². The quantitative estimate of drug-likeness (QED) is 0.613. The largest absolute Gasteiger partial charge is 0.464 e. The molecule has 0 bridgehead atoms. The Bertz CT molecular complexity index is 905. The van der Waals surface area contributed by atoms with Crippen LogP contribution in [0.25, 0.3) is 6.08 Å². The lowest BCUT2D eigenvalue weighted by Crippen LogP contribution is -2.18. The molecule has 0 saturated carbocycles. The van der Waals surface area contributed by atoms with Crippen LogP contribution in [-0.2, 0) is 19.6 Å². The Morgan fingerprint density at radius 1 is 1.17 bits per heavy atom. The van der Waals surface area contributed by atoms with Crippen LogP contribution >= 0.6 is 0 Å². The Kier molecular flexibility index (Phi) is 5.04. The van der Waals surface area contributed by atoms with Gasteiger partial charge in [-0.3, -0.25) is 4.79 Å². The smallest absolute Gasteiger partial charge is 0.355 e. The van der Waals surface area contributed by atoms with Gasteiger partial charge in [-0.2, -0.15) is 0 Å². The van der Waals surface area contributed by atoms with Gasteiger partial charge in [0.1, 0.15) is 5.69 Å². The monoisotopic (exact) mass is 347 g/mol. The molecule has 2 rings (SSSR count). The minimum absolute atomic E-state index is 0.0518. The molecule has 0 fully saturated rings. The first-order valence-electron chi connectivity index (χ1n) is 7.07. The zero-order valence-corrected chi connectivity index (χ0v) is 14.3. The van der Waals surface area contributed by atoms with Gasteiger partial charge >= 0.3 is 5.97 Å². The van der Waals surface area contributed by atoms with Crippen LogP contribution in [-0.4, -0.2) is 31.3 Å². The first-order chi connectivity index (χ1) is 11.3. The predicted octanol–water partition coefficient (Wildman–Crippen LogP) is 2.42. The van der Waals surface area contributed by atoms with E-state index in [2.05, 4.69) is 4.74 Å². The van der Waals surface area contributed by atoms with Crippen molar-refractivity contribution in [1.82, 2.24) is 3.97 Å². The van der Waals surface area contributed by atoms with Gasteiger partial charge < -0.3 is 4.74 Å². The number of hydrogen-bond acceptors (Lipinski definition) is 5. The average Bonchev–Trinajstić information content (AvgIpc) is 2.97. The molecule has 0 N–H and O–H groups in total. The number of benzene rings is 1. The summed E-state index contributed by atoms with van der Waals surface area (Å²) in [7, 11) is -2.79. The molecule has 0 radical (unpaired) electrons. The van der Waals surface area contributed by atoms with Gasteiger partial charge in [-0.25, -0.2) is 17.2 Å². The number of ether oxygens (including phenoxy) is 1. The van der Waals surface area contributed by atoms with Gasteiger partial charge in [0.2, 0.25) is 0 Å². The van der Waals surface area contributed by atoms with Crippen LogP contribution in [0.2, 0.25) is 0 Å². The molecular weight excluding hydrogens is 330 g/mol. The number of aryl methyl sites for hydroxylation is 1. The minimum atomic E-state index is -3.96. The average molecular weight is 347 g/mol. The number of hydrogen-bond donors (Lipinski definition) is 0. The Balaban J connectivity index is 2.60. The van der Waals surface area contributed by atoms with Crippen molar-refractivity contribution in [2.75, 3.05) is 7.11 Å². The van der Waals surface area contributed by atoms with Gasteiger partial charge in [0.05, 0.1) is 12.0 Å². The van der Waals surface area contributed by atoms with E-state index in [0.29, 0.717) is 5.56 Å². The van der Waals surface area contributed by atoms with E-state index >= 15 is 0 Å². The molecule has 0 spiro atoms. The fourth-order valence-electron chi connectivity index (χ4n) is 2.04. The van der Waals surface area contributed by atoms with Gasteiger partial charge in [-0.1, -0.05) is 17.7 Å². The second kappa shape index (κ2) is 6.84. The normalized spacial score (nSPS) is 11.6. The molecule has 0 aliphatic rings. The summed E-state index contributed by atoms with van der Waals surface area (Å²) >= 11 is 0. The summed E-state index contributed by atoms with van der Waals surface area (Å²) in [5.74, 6) is -0.975. The lowest BCUT2D eigenvalue weighted by Gasteiger charge is -2.09. The summed E-state index contributed by atoms with van der Waals surface area (Å²) in [5.41, 5.74) is 1.18. The van der Waals surface area contributed by atoms with Crippen molar-refractivity contribution in [3.63, 3.8) is 0 Å². The molecular formula is C17H17NO5S. The van der Waals surface area contributed by atoms with E-state index in [1.165, 1.54) is 50.6 Å². The molecule has 24 heavy (non-hydrogen) atoms. The highest BCUT2D eigenvalue weighted by atomic mass is 32.2. The van der Waals surface area contributed by atoms with Crippen LogP contribution in [0, 0.1) is 6.92 Å². The zero-order valence-electron chi connectivity index (χ0n) is 13.5. The Morgan fingerprint density at radius 3 is 2.33 bits per heavy atom. The molecule has 6 nitrogen and oxygen atoms in total. The molecule has 0 atom stereocenters. The van der Waals surface area contributed by atoms with Crippen LogP contribution in [0.4, 0.5) is 0 Å². The maximum absolute atomic E-state index is 12.8. The van der Waals surface area contributed by atoms with Crippen molar-refractivity contribution in [3.8, 4) is 0 Å². The molecule has 7 heteroatoms. The van der Waals surface area contributed by atoms with Crippen LogP contribution in [0.3, 0.4) is 0 Å². The summed E-state index contributed by atoms with van der Waals surface area (Å²) in [5, 5.41) is 0. The van der Waals surface area contributed by atoms with E-state index in [1.807, 2.05) is 6.92 Å². The second-order valence-electron chi connectivity index (χ2n) is 5.21. The third-order valence-corrected chi connectivity index (χ3v) is 4.98. The SMILES string of the molecule is COC(=O)c1cc(C=CC(C)=O)cn1S(=O)(=O)c1ccc(C)cc1. The number of nitrogens with zero attached hydrogens (tertiary/aromatic N) is 1. The van der Waals surface area contributed by atoms with Gasteiger partial charge in [-0.05, 0) is 49.8 Å².